The third-order valence-corrected chi connectivity index (χ3v) is 4.20. The molecule has 0 atom stereocenters. The SMILES string of the molecule is O=C(C=Cc1ccccc1OC(F)(F)F)NCc1ccc(NC(=O)C2CC2)cc1. The first-order chi connectivity index (χ1) is 13.8. The number of rotatable bonds is 7. The molecule has 1 aliphatic carbocycles. The number of hydrogen-bond donors (Lipinski definition) is 2. The number of halogens is 3. The molecule has 0 aromatic heterocycles. The maximum atomic E-state index is 12.4. The number of ether oxygens (including phenoxy) is 1. The van der Waals surface area contributed by atoms with Gasteiger partial charge in [-0.3, -0.25) is 9.59 Å². The highest BCUT2D eigenvalue weighted by atomic mass is 19.4. The molecule has 0 unspecified atom stereocenters. The number of anilines is 1. The zero-order chi connectivity index (χ0) is 20.9. The molecule has 152 valence electrons. The lowest BCUT2D eigenvalue weighted by Gasteiger charge is -2.11. The van der Waals surface area contributed by atoms with Crippen molar-refractivity contribution in [1.29, 1.82) is 0 Å². The van der Waals surface area contributed by atoms with Gasteiger partial charge in [0.15, 0.2) is 0 Å². The van der Waals surface area contributed by atoms with Crippen molar-refractivity contribution in [3.05, 3.63) is 65.7 Å². The van der Waals surface area contributed by atoms with E-state index in [1.54, 1.807) is 30.3 Å². The molecule has 8 heteroatoms. The van der Waals surface area contributed by atoms with Crippen LogP contribution in [0.2, 0.25) is 0 Å². The summed E-state index contributed by atoms with van der Waals surface area (Å²) in [6, 6.07) is 12.6. The minimum atomic E-state index is -4.81. The fraction of sp³-hybridized carbons (Fsp3) is 0.238. The zero-order valence-corrected chi connectivity index (χ0v) is 15.3. The van der Waals surface area contributed by atoms with Gasteiger partial charge in [0.25, 0.3) is 0 Å². The summed E-state index contributed by atoms with van der Waals surface area (Å²) in [5, 5.41) is 5.48. The largest absolute Gasteiger partial charge is 0.573 e. The standard InChI is InChI=1S/C21H19F3N2O3/c22-21(23,24)29-18-4-2-1-3-15(18)9-12-19(27)25-13-14-5-10-17(11-6-14)26-20(28)16-7-8-16/h1-6,9-12,16H,7-8,13H2,(H,25,27)(H,26,28). The molecule has 1 fully saturated rings. The Bertz CT molecular complexity index is 904. The predicted molar refractivity (Wildman–Crippen MR) is 102 cm³/mol. The molecular weight excluding hydrogens is 385 g/mol. The van der Waals surface area contributed by atoms with Crippen LogP contribution in [0.1, 0.15) is 24.0 Å². The molecule has 0 aliphatic heterocycles. The third kappa shape index (κ3) is 6.67. The molecule has 3 rings (SSSR count). The van der Waals surface area contributed by atoms with E-state index >= 15 is 0 Å². The van der Waals surface area contributed by atoms with Crippen molar-refractivity contribution < 1.29 is 27.5 Å². The summed E-state index contributed by atoms with van der Waals surface area (Å²) in [6.45, 7) is 0.237. The molecule has 2 aromatic rings. The first-order valence-corrected chi connectivity index (χ1v) is 9.01. The molecule has 2 aromatic carbocycles. The van der Waals surface area contributed by atoms with E-state index in [1.807, 2.05) is 0 Å². The Balaban J connectivity index is 1.51. The Labute approximate surface area is 165 Å². The minimum absolute atomic E-state index is 0.0194. The number of alkyl halides is 3. The first kappa shape index (κ1) is 20.4. The molecule has 0 spiro atoms. The number of para-hydroxylation sites is 1. The van der Waals surface area contributed by atoms with E-state index in [0.717, 1.165) is 24.5 Å². The Kier molecular flexibility index (Phi) is 6.21. The van der Waals surface area contributed by atoms with Gasteiger partial charge in [-0.05, 0) is 42.7 Å². The predicted octanol–water partition coefficient (Wildman–Crippen LogP) is 4.26. The van der Waals surface area contributed by atoms with Crippen molar-refractivity contribution >= 4 is 23.6 Å². The molecule has 29 heavy (non-hydrogen) atoms. The molecule has 2 amide bonds. The molecule has 0 bridgehead atoms. The summed E-state index contributed by atoms with van der Waals surface area (Å²) >= 11 is 0. The number of carbonyl (C=O) groups is 2. The molecule has 1 saturated carbocycles. The number of hydrogen-bond acceptors (Lipinski definition) is 3. The first-order valence-electron chi connectivity index (χ1n) is 9.01. The smallest absolute Gasteiger partial charge is 0.405 e. The summed E-state index contributed by atoms with van der Waals surface area (Å²) in [6.07, 6.45) is -0.557. The van der Waals surface area contributed by atoms with Crippen molar-refractivity contribution in [2.75, 3.05) is 5.32 Å². The maximum absolute atomic E-state index is 12.4. The number of amides is 2. The van der Waals surface area contributed by atoms with Crippen molar-refractivity contribution in [1.82, 2.24) is 5.32 Å². The highest BCUT2D eigenvalue weighted by Crippen LogP contribution is 2.30. The van der Waals surface area contributed by atoms with Crippen LogP contribution >= 0.6 is 0 Å². The average molecular weight is 404 g/mol. The Morgan fingerprint density at radius 1 is 1.07 bits per heavy atom. The average Bonchev–Trinajstić information content (AvgIpc) is 3.51. The molecule has 0 radical (unpaired) electrons. The second-order valence-electron chi connectivity index (χ2n) is 6.60. The maximum Gasteiger partial charge on any atom is 0.573 e. The highest BCUT2D eigenvalue weighted by molar-refractivity contribution is 5.94. The number of benzene rings is 2. The van der Waals surface area contributed by atoms with E-state index < -0.39 is 12.3 Å². The summed E-state index contributed by atoms with van der Waals surface area (Å²) in [5.41, 5.74) is 1.64. The van der Waals surface area contributed by atoms with Gasteiger partial charge in [-0.2, -0.15) is 0 Å². The van der Waals surface area contributed by atoms with E-state index in [4.69, 9.17) is 0 Å². The van der Waals surface area contributed by atoms with Crippen LogP contribution in [0.5, 0.6) is 5.75 Å². The van der Waals surface area contributed by atoms with Gasteiger partial charge in [0.2, 0.25) is 11.8 Å². The molecule has 5 nitrogen and oxygen atoms in total. The third-order valence-electron chi connectivity index (χ3n) is 4.20. The Morgan fingerprint density at radius 3 is 2.41 bits per heavy atom. The van der Waals surface area contributed by atoms with Crippen molar-refractivity contribution in [2.45, 2.75) is 25.7 Å². The molecule has 0 saturated heterocycles. The van der Waals surface area contributed by atoms with Gasteiger partial charge in [-0.15, -0.1) is 13.2 Å². The van der Waals surface area contributed by atoms with Gasteiger partial charge < -0.3 is 15.4 Å². The van der Waals surface area contributed by atoms with Gasteiger partial charge in [-0.25, -0.2) is 0 Å². The lowest BCUT2D eigenvalue weighted by atomic mass is 10.2. The lowest BCUT2D eigenvalue weighted by Crippen LogP contribution is -2.20. The summed E-state index contributed by atoms with van der Waals surface area (Å²) in [4.78, 5) is 23.7. The molecule has 1 aliphatic rings. The van der Waals surface area contributed by atoms with Crippen LogP contribution in [0.3, 0.4) is 0 Å². The van der Waals surface area contributed by atoms with Crippen LogP contribution in [-0.2, 0) is 16.1 Å². The van der Waals surface area contributed by atoms with Crippen molar-refractivity contribution in [3.8, 4) is 5.75 Å². The highest BCUT2D eigenvalue weighted by Gasteiger charge is 2.31. The van der Waals surface area contributed by atoms with Gasteiger partial charge in [0.05, 0.1) is 0 Å². The monoisotopic (exact) mass is 404 g/mol. The fourth-order valence-corrected chi connectivity index (χ4v) is 2.55. The van der Waals surface area contributed by atoms with Gasteiger partial charge in [0, 0.05) is 29.8 Å². The minimum Gasteiger partial charge on any atom is -0.405 e. The van der Waals surface area contributed by atoms with Crippen LogP contribution in [0, 0.1) is 5.92 Å². The topological polar surface area (TPSA) is 67.4 Å². The number of nitrogens with one attached hydrogen (secondary N) is 2. The zero-order valence-electron chi connectivity index (χ0n) is 15.3. The quantitative estimate of drug-likeness (QED) is 0.678. The van der Waals surface area contributed by atoms with Gasteiger partial charge in [-0.1, -0.05) is 30.3 Å². The Morgan fingerprint density at radius 2 is 1.76 bits per heavy atom. The van der Waals surface area contributed by atoms with E-state index in [0.29, 0.717) is 5.69 Å². The second kappa shape index (κ2) is 8.81. The van der Waals surface area contributed by atoms with Crippen molar-refractivity contribution in [3.63, 3.8) is 0 Å². The normalized spacial score (nSPS) is 13.9. The van der Waals surface area contributed by atoms with E-state index in [2.05, 4.69) is 15.4 Å². The van der Waals surface area contributed by atoms with Crippen molar-refractivity contribution in [2.24, 2.45) is 5.92 Å². The van der Waals surface area contributed by atoms with E-state index in [9.17, 15) is 22.8 Å². The Hall–Kier alpha value is -3.29. The molecule has 2 N–H and O–H groups in total. The van der Waals surface area contributed by atoms with E-state index in [-0.39, 0.29) is 29.7 Å². The van der Waals surface area contributed by atoms with Gasteiger partial charge >= 0.3 is 6.36 Å². The van der Waals surface area contributed by atoms with Crippen LogP contribution < -0.4 is 15.4 Å². The van der Waals surface area contributed by atoms with E-state index in [1.165, 1.54) is 24.3 Å². The molecule has 0 heterocycles. The lowest BCUT2D eigenvalue weighted by molar-refractivity contribution is -0.274. The summed E-state index contributed by atoms with van der Waals surface area (Å²) in [7, 11) is 0. The summed E-state index contributed by atoms with van der Waals surface area (Å²) in [5.74, 6) is -0.704. The fourth-order valence-electron chi connectivity index (χ4n) is 2.55. The second-order valence-corrected chi connectivity index (χ2v) is 6.60. The summed E-state index contributed by atoms with van der Waals surface area (Å²) < 4.78 is 41.2. The van der Waals surface area contributed by atoms with Gasteiger partial charge in [0.1, 0.15) is 5.75 Å². The molecular formula is C21H19F3N2O3. The van der Waals surface area contributed by atoms with Crippen LogP contribution in [0.25, 0.3) is 6.08 Å². The van der Waals surface area contributed by atoms with Crippen LogP contribution in [0.4, 0.5) is 18.9 Å². The number of carbonyl (C=O) groups excluding carboxylic acids is 2. The van der Waals surface area contributed by atoms with Crippen LogP contribution in [-0.4, -0.2) is 18.2 Å². The van der Waals surface area contributed by atoms with Crippen LogP contribution in [0.15, 0.2) is 54.6 Å².